The number of methoxy groups -OCH3 is 2. The minimum atomic E-state index is -0.518. The van der Waals surface area contributed by atoms with E-state index in [1.165, 1.54) is 0 Å². The molecule has 2 aromatic carbocycles. The van der Waals surface area contributed by atoms with E-state index in [0.29, 0.717) is 33.8 Å². The van der Waals surface area contributed by atoms with Crippen molar-refractivity contribution in [2.45, 2.75) is 40.7 Å². The molecule has 0 aliphatic rings. The second-order valence-corrected chi connectivity index (χ2v) is 8.18. The third kappa shape index (κ3) is 3.95. The summed E-state index contributed by atoms with van der Waals surface area (Å²) in [6.45, 7) is 7.97. The fourth-order valence-corrected chi connectivity index (χ4v) is 4.25. The van der Waals surface area contributed by atoms with E-state index in [4.69, 9.17) is 18.3 Å². The van der Waals surface area contributed by atoms with Crippen molar-refractivity contribution in [3.63, 3.8) is 0 Å². The van der Waals surface area contributed by atoms with Crippen molar-refractivity contribution in [3.8, 4) is 11.5 Å². The van der Waals surface area contributed by atoms with Gasteiger partial charge in [0, 0.05) is 23.6 Å². The Morgan fingerprint density at radius 1 is 0.970 bits per heavy atom. The molecular weight excluding hydrogens is 422 g/mol. The Morgan fingerprint density at radius 2 is 1.73 bits per heavy atom. The lowest BCUT2D eigenvalue weighted by Gasteiger charge is -2.12. The summed E-state index contributed by atoms with van der Waals surface area (Å²) in [6, 6.07) is 7.24. The molecule has 1 amide bonds. The third-order valence-corrected chi connectivity index (χ3v) is 6.19. The van der Waals surface area contributed by atoms with Crippen molar-refractivity contribution in [1.82, 2.24) is 5.32 Å². The Kier molecular flexibility index (Phi) is 5.89. The summed E-state index contributed by atoms with van der Waals surface area (Å²) in [5, 5.41) is 4.60. The molecule has 0 aliphatic heterocycles. The second-order valence-electron chi connectivity index (χ2n) is 8.18. The van der Waals surface area contributed by atoms with Crippen LogP contribution in [0.1, 0.15) is 33.6 Å². The van der Waals surface area contributed by atoms with Gasteiger partial charge in [0.1, 0.15) is 28.4 Å². The Bertz CT molecular complexity index is 1440. The number of amides is 1. The Morgan fingerprint density at radius 3 is 2.42 bits per heavy atom. The average molecular weight is 450 g/mol. The first-order chi connectivity index (χ1) is 15.7. The largest absolute Gasteiger partial charge is 0.497 e. The van der Waals surface area contributed by atoms with Crippen LogP contribution in [-0.4, -0.2) is 20.1 Å². The molecule has 7 nitrogen and oxygen atoms in total. The summed E-state index contributed by atoms with van der Waals surface area (Å²) in [7, 11) is 3.14. The van der Waals surface area contributed by atoms with Crippen molar-refractivity contribution in [1.29, 1.82) is 0 Å². The molecule has 0 spiro atoms. The summed E-state index contributed by atoms with van der Waals surface area (Å²) in [6.07, 6.45) is -0.101. The van der Waals surface area contributed by atoms with Gasteiger partial charge in [-0.25, -0.2) is 4.79 Å². The highest BCUT2D eigenvalue weighted by molar-refractivity contribution is 6.07. The molecule has 4 rings (SSSR count). The molecular formula is C26H27NO6. The first-order valence-corrected chi connectivity index (χ1v) is 10.7. The smallest absolute Gasteiger partial charge is 0.340 e. The minimum Gasteiger partial charge on any atom is -0.497 e. The normalized spacial score (nSPS) is 11.2. The summed E-state index contributed by atoms with van der Waals surface area (Å²) in [4.78, 5) is 25.5. The first-order valence-electron chi connectivity index (χ1n) is 10.7. The number of aryl methyl sites for hydroxylation is 4. The molecule has 7 heteroatoms. The van der Waals surface area contributed by atoms with Gasteiger partial charge in [0.05, 0.1) is 31.6 Å². The molecule has 0 bridgehead atoms. The van der Waals surface area contributed by atoms with Gasteiger partial charge in [-0.15, -0.1) is 0 Å². The first kappa shape index (κ1) is 22.5. The number of carbonyl (C=O) groups excluding carboxylic acids is 1. The average Bonchev–Trinajstić information content (AvgIpc) is 3.09. The molecule has 0 saturated carbocycles. The SMILES string of the molecule is COc1ccc(CNC(=O)Cc2c(C)c3c(cc(C)c4c(C)c(C)oc43)oc2=O)c(OC)c1. The lowest BCUT2D eigenvalue weighted by atomic mass is 9.98. The van der Waals surface area contributed by atoms with E-state index >= 15 is 0 Å². The number of hydrogen-bond donors (Lipinski definition) is 1. The van der Waals surface area contributed by atoms with Gasteiger partial charge >= 0.3 is 5.63 Å². The van der Waals surface area contributed by atoms with E-state index in [0.717, 1.165) is 33.2 Å². The molecule has 1 N–H and O–H groups in total. The Hall–Kier alpha value is -3.74. The zero-order valence-corrected chi connectivity index (χ0v) is 19.7. The van der Waals surface area contributed by atoms with Crippen molar-refractivity contribution in [2.75, 3.05) is 14.2 Å². The van der Waals surface area contributed by atoms with E-state index in [-0.39, 0.29) is 18.9 Å². The molecule has 172 valence electrons. The van der Waals surface area contributed by atoms with E-state index in [1.54, 1.807) is 26.4 Å². The number of fused-ring (bicyclic) bond motifs is 3. The number of ether oxygens (including phenoxy) is 2. The fourth-order valence-electron chi connectivity index (χ4n) is 4.25. The minimum absolute atomic E-state index is 0.101. The van der Waals surface area contributed by atoms with E-state index in [1.807, 2.05) is 39.8 Å². The Balaban J connectivity index is 1.66. The molecule has 33 heavy (non-hydrogen) atoms. The van der Waals surface area contributed by atoms with Crippen molar-refractivity contribution in [3.05, 3.63) is 68.3 Å². The van der Waals surface area contributed by atoms with Crippen LogP contribution in [0.5, 0.6) is 11.5 Å². The second kappa shape index (κ2) is 8.65. The van der Waals surface area contributed by atoms with Crippen molar-refractivity contribution < 1.29 is 23.1 Å². The van der Waals surface area contributed by atoms with Gasteiger partial charge in [-0.3, -0.25) is 4.79 Å². The lowest BCUT2D eigenvalue weighted by Crippen LogP contribution is -2.27. The van der Waals surface area contributed by atoms with Crippen LogP contribution >= 0.6 is 0 Å². The van der Waals surface area contributed by atoms with Gasteiger partial charge in [-0.2, -0.15) is 0 Å². The van der Waals surface area contributed by atoms with Gasteiger partial charge in [0.25, 0.3) is 0 Å². The fraction of sp³-hybridized carbons (Fsp3) is 0.308. The van der Waals surface area contributed by atoms with Gasteiger partial charge in [0.15, 0.2) is 0 Å². The molecule has 0 aliphatic carbocycles. The zero-order chi connectivity index (χ0) is 23.9. The number of rotatable bonds is 6. The van der Waals surface area contributed by atoms with Crippen LogP contribution in [0.25, 0.3) is 21.9 Å². The molecule has 0 fully saturated rings. The maximum Gasteiger partial charge on any atom is 0.340 e. The molecule has 2 heterocycles. The molecule has 0 unspecified atom stereocenters. The van der Waals surface area contributed by atoms with Crippen LogP contribution in [0.15, 0.2) is 37.9 Å². The van der Waals surface area contributed by atoms with Gasteiger partial charge in [-0.05, 0) is 62.6 Å². The van der Waals surface area contributed by atoms with Crippen molar-refractivity contribution >= 4 is 27.8 Å². The van der Waals surface area contributed by atoms with E-state index in [9.17, 15) is 9.59 Å². The zero-order valence-electron chi connectivity index (χ0n) is 19.7. The maximum atomic E-state index is 12.7. The van der Waals surface area contributed by atoms with Crippen LogP contribution in [0.3, 0.4) is 0 Å². The monoisotopic (exact) mass is 449 g/mol. The number of benzene rings is 2. The topological polar surface area (TPSA) is 90.9 Å². The third-order valence-electron chi connectivity index (χ3n) is 6.19. The number of hydrogen-bond acceptors (Lipinski definition) is 6. The molecule has 4 aromatic rings. The van der Waals surface area contributed by atoms with Crippen LogP contribution in [0, 0.1) is 27.7 Å². The molecule has 0 radical (unpaired) electrons. The van der Waals surface area contributed by atoms with E-state index < -0.39 is 5.63 Å². The number of carbonyl (C=O) groups is 1. The summed E-state index contributed by atoms with van der Waals surface area (Å²) in [5.41, 5.74) is 4.48. The number of furan rings is 1. The van der Waals surface area contributed by atoms with Crippen LogP contribution in [0.2, 0.25) is 0 Å². The van der Waals surface area contributed by atoms with Crippen LogP contribution in [0.4, 0.5) is 0 Å². The summed E-state index contributed by atoms with van der Waals surface area (Å²) >= 11 is 0. The van der Waals surface area contributed by atoms with Gasteiger partial charge in [0.2, 0.25) is 5.91 Å². The molecule has 2 aromatic heterocycles. The summed E-state index contributed by atoms with van der Waals surface area (Å²) < 4.78 is 22.2. The highest BCUT2D eigenvalue weighted by Gasteiger charge is 2.21. The highest BCUT2D eigenvalue weighted by Crippen LogP contribution is 2.36. The standard InChI is InChI=1S/C26H27NO6/c1-13-9-21-24(25-23(13)14(2)16(4)32-25)15(3)19(26(29)33-21)11-22(28)27-12-17-7-8-18(30-5)10-20(17)31-6/h7-10H,11-12H2,1-6H3,(H,27,28). The van der Waals surface area contributed by atoms with Gasteiger partial charge < -0.3 is 23.6 Å². The predicted molar refractivity (Wildman–Crippen MR) is 126 cm³/mol. The van der Waals surface area contributed by atoms with E-state index in [2.05, 4.69) is 5.32 Å². The molecule has 0 saturated heterocycles. The maximum absolute atomic E-state index is 12.7. The summed E-state index contributed by atoms with van der Waals surface area (Å²) in [5.74, 6) is 1.80. The van der Waals surface area contributed by atoms with Crippen LogP contribution < -0.4 is 20.4 Å². The predicted octanol–water partition coefficient (Wildman–Crippen LogP) is 4.65. The van der Waals surface area contributed by atoms with Crippen LogP contribution in [-0.2, 0) is 17.8 Å². The quantitative estimate of drug-likeness (QED) is 0.431. The number of nitrogens with one attached hydrogen (secondary N) is 1. The highest BCUT2D eigenvalue weighted by atomic mass is 16.5. The van der Waals surface area contributed by atoms with Crippen molar-refractivity contribution in [2.24, 2.45) is 0 Å². The lowest BCUT2D eigenvalue weighted by molar-refractivity contribution is -0.120. The molecule has 0 atom stereocenters. The Labute approximate surface area is 191 Å². The van der Waals surface area contributed by atoms with Gasteiger partial charge in [-0.1, -0.05) is 0 Å².